The summed E-state index contributed by atoms with van der Waals surface area (Å²) in [6.07, 6.45) is 64.2. The number of amides is 1. The molecule has 1 amide bonds. The number of esters is 1. The van der Waals surface area contributed by atoms with Gasteiger partial charge in [-0.15, -0.1) is 0 Å². The molecule has 3 N–H and O–H groups in total. The zero-order valence-electron chi connectivity index (χ0n) is 39.2. The maximum atomic E-state index is 13.2. The number of aliphatic hydroxyl groups is 2. The summed E-state index contributed by atoms with van der Waals surface area (Å²) in [6, 6.07) is -0.725. The van der Waals surface area contributed by atoms with Crippen molar-refractivity contribution >= 4 is 11.9 Å². The second-order valence-electron chi connectivity index (χ2n) is 16.3. The summed E-state index contributed by atoms with van der Waals surface area (Å²) in [5, 5.41) is 23.7. The fourth-order valence-electron chi connectivity index (χ4n) is 6.83. The highest BCUT2D eigenvalue weighted by atomic mass is 16.5. The second kappa shape index (κ2) is 47.6. The highest BCUT2D eigenvalue weighted by Gasteiger charge is 2.24. The number of unbranched alkanes of at least 4 members (excludes halogenated alkanes) is 17. The van der Waals surface area contributed by atoms with Crippen LogP contribution in [0.15, 0.2) is 109 Å². The average Bonchev–Trinajstić information content (AvgIpc) is 3.25. The normalized spacial score (nSPS) is 14.2. The van der Waals surface area contributed by atoms with Gasteiger partial charge in [-0.2, -0.15) is 0 Å². The van der Waals surface area contributed by atoms with Gasteiger partial charge >= 0.3 is 5.97 Å². The van der Waals surface area contributed by atoms with E-state index in [1.807, 2.05) is 54.7 Å². The van der Waals surface area contributed by atoms with Crippen LogP contribution in [0.25, 0.3) is 0 Å². The standard InChI is InChI=1S/C55H91NO5/c1-4-7-10-13-16-19-22-24-26-27-28-30-33-36-39-42-45-48-55(60)61-51(46-43-40-37-34-32-29-25-23-20-17-14-11-8-5-2)49-54(59)56-52(50-57)53(58)47-44-41-38-35-31-21-18-15-12-9-6-3/h7-8,10-11,13,16-17,19-20,22,24-30,33,51-53,57-58H,4-6,9,12,14-15,18,21,23,31-32,34-50H2,1-3H3,(H,56,59)/b10-7-,11-8+,16-13+,20-17+,22-19+,26-24-,28-27+,29-25+,33-30+. The molecule has 0 rings (SSSR count). The van der Waals surface area contributed by atoms with Gasteiger partial charge < -0.3 is 20.3 Å². The van der Waals surface area contributed by atoms with E-state index in [4.69, 9.17) is 4.74 Å². The van der Waals surface area contributed by atoms with Gasteiger partial charge in [0.15, 0.2) is 0 Å². The molecule has 0 aliphatic heterocycles. The van der Waals surface area contributed by atoms with Crippen LogP contribution in [0.1, 0.15) is 201 Å². The van der Waals surface area contributed by atoms with Crippen molar-refractivity contribution in [3.8, 4) is 0 Å². The van der Waals surface area contributed by atoms with E-state index in [2.05, 4.69) is 80.8 Å². The third kappa shape index (κ3) is 43.0. The van der Waals surface area contributed by atoms with Crippen LogP contribution in [0.3, 0.4) is 0 Å². The topological polar surface area (TPSA) is 95.9 Å². The number of ether oxygens (including phenoxy) is 1. The molecular weight excluding hydrogens is 755 g/mol. The summed E-state index contributed by atoms with van der Waals surface area (Å²) in [5.74, 6) is -0.559. The molecule has 0 radical (unpaired) electrons. The Morgan fingerprint density at radius 3 is 1.54 bits per heavy atom. The summed E-state index contributed by atoms with van der Waals surface area (Å²) in [4.78, 5) is 26.1. The van der Waals surface area contributed by atoms with Crippen molar-refractivity contribution in [2.24, 2.45) is 0 Å². The average molecular weight is 846 g/mol. The van der Waals surface area contributed by atoms with Crippen LogP contribution < -0.4 is 5.32 Å². The lowest BCUT2D eigenvalue weighted by Gasteiger charge is -2.24. The fraction of sp³-hybridized carbons (Fsp3) is 0.636. The molecule has 3 unspecified atom stereocenters. The number of allylic oxidation sites excluding steroid dienone is 18. The third-order valence-electron chi connectivity index (χ3n) is 10.5. The lowest BCUT2D eigenvalue weighted by Crippen LogP contribution is -2.46. The molecule has 0 fully saturated rings. The van der Waals surface area contributed by atoms with Crippen LogP contribution in [0, 0.1) is 0 Å². The van der Waals surface area contributed by atoms with Gasteiger partial charge in [0.05, 0.1) is 25.2 Å². The zero-order chi connectivity index (χ0) is 44.5. The highest BCUT2D eigenvalue weighted by Crippen LogP contribution is 2.17. The first kappa shape index (κ1) is 57.5. The first-order chi connectivity index (χ1) is 30.0. The van der Waals surface area contributed by atoms with E-state index >= 15 is 0 Å². The second-order valence-corrected chi connectivity index (χ2v) is 16.3. The molecule has 0 aliphatic rings. The molecular formula is C55H91NO5. The Morgan fingerprint density at radius 2 is 0.967 bits per heavy atom. The molecule has 0 saturated heterocycles. The molecule has 6 nitrogen and oxygen atoms in total. The molecule has 61 heavy (non-hydrogen) atoms. The van der Waals surface area contributed by atoms with Crippen LogP contribution in [0.5, 0.6) is 0 Å². The quantitative estimate of drug-likeness (QED) is 0.0246. The van der Waals surface area contributed by atoms with Crippen molar-refractivity contribution in [2.75, 3.05) is 6.61 Å². The van der Waals surface area contributed by atoms with E-state index in [0.717, 1.165) is 103 Å². The number of hydrogen-bond donors (Lipinski definition) is 3. The van der Waals surface area contributed by atoms with E-state index in [9.17, 15) is 19.8 Å². The van der Waals surface area contributed by atoms with Crippen LogP contribution >= 0.6 is 0 Å². The van der Waals surface area contributed by atoms with Gasteiger partial charge in [0.2, 0.25) is 5.91 Å². The maximum Gasteiger partial charge on any atom is 0.306 e. The first-order valence-electron chi connectivity index (χ1n) is 24.7. The summed E-state index contributed by atoms with van der Waals surface area (Å²) in [6.45, 7) is 6.19. The van der Waals surface area contributed by atoms with Gasteiger partial charge in [0, 0.05) is 6.42 Å². The Morgan fingerprint density at radius 1 is 0.508 bits per heavy atom. The predicted octanol–water partition coefficient (Wildman–Crippen LogP) is 14.7. The molecule has 6 heteroatoms. The summed E-state index contributed by atoms with van der Waals surface area (Å²) < 4.78 is 5.90. The Hall–Kier alpha value is -3.48. The number of nitrogens with one attached hydrogen (secondary N) is 1. The predicted molar refractivity (Wildman–Crippen MR) is 263 cm³/mol. The number of hydrogen-bond acceptors (Lipinski definition) is 5. The van der Waals surface area contributed by atoms with Gasteiger partial charge in [-0.05, 0) is 77.0 Å². The van der Waals surface area contributed by atoms with Gasteiger partial charge in [0.1, 0.15) is 6.10 Å². The van der Waals surface area contributed by atoms with Crippen LogP contribution in [0.2, 0.25) is 0 Å². The minimum absolute atomic E-state index is 0.0371. The van der Waals surface area contributed by atoms with E-state index < -0.39 is 18.2 Å². The van der Waals surface area contributed by atoms with Crippen molar-refractivity contribution < 1.29 is 24.5 Å². The first-order valence-corrected chi connectivity index (χ1v) is 24.7. The fourth-order valence-corrected chi connectivity index (χ4v) is 6.83. The van der Waals surface area contributed by atoms with Gasteiger partial charge in [-0.1, -0.05) is 220 Å². The molecule has 3 atom stereocenters. The number of carbonyl (C=O) groups excluding carboxylic acids is 2. The number of aliphatic hydroxyl groups excluding tert-OH is 2. The SMILES string of the molecule is CC\C=C/C=C/C=C/C=C\C=C\C=C\CCCCCC(=O)OC(CCCCCC/C=C/C/C=C/C/C=C/CC)CC(=O)NC(CO)C(O)CCCCCCCCCCCCC. The van der Waals surface area contributed by atoms with Gasteiger partial charge in [-0.25, -0.2) is 0 Å². The van der Waals surface area contributed by atoms with Gasteiger partial charge in [0.25, 0.3) is 0 Å². The highest BCUT2D eigenvalue weighted by molar-refractivity contribution is 5.77. The monoisotopic (exact) mass is 846 g/mol. The third-order valence-corrected chi connectivity index (χ3v) is 10.5. The Labute approximate surface area is 375 Å². The molecule has 0 spiro atoms. The van der Waals surface area contributed by atoms with Crippen LogP contribution in [-0.2, 0) is 14.3 Å². The minimum Gasteiger partial charge on any atom is -0.462 e. The summed E-state index contributed by atoms with van der Waals surface area (Å²) in [5.41, 5.74) is 0. The Bertz CT molecular complexity index is 1270. The number of rotatable bonds is 42. The largest absolute Gasteiger partial charge is 0.462 e. The van der Waals surface area contributed by atoms with Crippen molar-refractivity contribution in [3.63, 3.8) is 0 Å². The molecule has 0 aromatic rings. The van der Waals surface area contributed by atoms with E-state index in [1.54, 1.807) is 0 Å². The maximum absolute atomic E-state index is 13.2. The molecule has 0 aliphatic carbocycles. The molecule has 346 valence electrons. The van der Waals surface area contributed by atoms with Crippen LogP contribution in [0.4, 0.5) is 0 Å². The van der Waals surface area contributed by atoms with Crippen molar-refractivity contribution in [1.29, 1.82) is 0 Å². The molecule has 0 heterocycles. The van der Waals surface area contributed by atoms with E-state index in [-0.39, 0.29) is 24.9 Å². The molecule has 0 aromatic heterocycles. The van der Waals surface area contributed by atoms with E-state index in [1.165, 1.54) is 51.4 Å². The Kier molecular flexibility index (Phi) is 44.9. The lowest BCUT2D eigenvalue weighted by atomic mass is 10.0. The smallest absolute Gasteiger partial charge is 0.306 e. The summed E-state index contributed by atoms with van der Waals surface area (Å²) in [7, 11) is 0. The van der Waals surface area contributed by atoms with Crippen molar-refractivity contribution in [2.45, 2.75) is 219 Å². The van der Waals surface area contributed by atoms with Gasteiger partial charge in [-0.3, -0.25) is 9.59 Å². The number of carbonyl (C=O) groups is 2. The molecule has 0 aromatic carbocycles. The zero-order valence-corrected chi connectivity index (χ0v) is 39.2. The van der Waals surface area contributed by atoms with Crippen molar-refractivity contribution in [1.82, 2.24) is 5.32 Å². The Balaban J connectivity index is 4.76. The van der Waals surface area contributed by atoms with Crippen LogP contribution in [-0.4, -0.2) is 46.9 Å². The lowest BCUT2D eigenvalue weighted by molar-refractivity contribution is -0.151. The molecule has 0 bridgehead atoms. The minimum atomic E-state index is -0.808. The summed E-state index contributed by atoms with van der Waals surface area (Å²) >= 11 is 0. The molecule has 0 saturated carbocycles. The van der Waals surface area contributed by atoms with Crippen molar-refractivity contribution in [3.05, 3.63) is 109 Å². The van der Waals surface area contributed by atoms with E-state index in [0.29, 0.717) is 19.3 Å².